The van der Waals surface area contributed by atoms with E-state index in [1.165, 1.54) is 0 Å². The fourth-order valence-electron chi connectivity index (χ4n) is 2.28. The summed E-state index contributed by atoms with van der Waals surface area (Å²) in [5, 5.41) is 1.21. The van der Waals surface area contributed by atoms with E-state index in [2.05, 4.69) is 4.98 Å². The highest BCUT2D eigenvalue weighted by molar-refractivity contribution is 6.36. The molecule has 3 rings (SSSR count). The number of aryl methyl sites for hydroxylation is 1. The Hall–Kier alpha value is -1.32. The Morgan fingerprint density at radius 2 is 2.00 bits per heavy atom. The van der Waals surface area contributed by atoms with Crippen LogP contribution in [-0.4, -0.2) is 9.97 Å². The number of rotatable bonds is 3. The summed E-state index contributed by atoms with van der Waals surface area (Å²) in [4.78, 5) is 9.27. The first kappa shape index (κ1) is 13.7. The lowest BCUT2D eigenvalue weighted by Crippen LogP contribution is -2.06. The van der Waals surface area contributed by atoms with E-state index in [0.29, 0.717) is 21.8 Å². The molecule has 1 saturated carbocycles. The first-order valence-corrected chi connectivity index (χ1v) is 7.47. The van der Waals surface area contributed by atoms with Crippen molar-refractivity contribution in [3.63, 3.8) is 0 Å². The second-order valence-corrected chi connectivity index (χ2v) is 5.89. The molecule has 5 heteroatoms. The first-order chi connectivity index (χ1) is 9.60. The summed E-state index contributed by atoms with van der Waals surface area (Å²) in [6.45, 7) is 2.02. The molecule has 1 fully saturated rings. The average molecular weight is 308 g/mol. The summed E-state index contributed by atoms with van der Waals surface area (Å²) in [6.07, 6.45) is 3.03. The Kier molecular flexibility index (Phi) is 3.57. The van der Waals surface area contributed by atoms with Gasteiger partial charge in [0.2, 0.25) is 0 Å². The quantitative estimate of drug-likeness (QED) is 0.910. The summed E-state index contributed by atoms with van der Waals surface area (Å²) in [5.41, 5.74) is 9.48. The van der Waals surface area contributed by atoms with Crippen LogP contribution in [0.3, 0.4) is 0 Å². The van der Waals surface area contributed by atoms with Crippen molar-refractivity contribution in [1.29, 1.82) is 0 Å². The van der Waals surface area contributed by atoms with Crippen LogP contribution >= 0.6 is 23.2 Å². The maximum atomic E-state index is 6.31. The van der Waals surface area contributed by atoms with Crippen molar-refractivity contribution in [3.05, 3.63) is 39.6 Å². The van der Waals surface area contributed by atoms with Gasteiger partial charge in [-0.05, 0) is 37.5 Å². The van der Waals surface area contributed by atoms with Crippen LogP contribution < -0.4 is 5.73 Å². The smallest absolute Gasteiger partial charge is 0.145 e. The fraction of sp³-hybridized carbons (Fsp3) is 0.333. The van der Waals surface area contributed by atoms with Crippen molar-refractivity contribution in [2.75, 3.05) is 5.73 Å². The van der Waals surface area contributed by atoms with Gasteiger partial charge in [-0.15, -0.1) is 0 Å². The Bertz CT molecular complexity index is 666. The molecule has 2 N–H and O–H groups in total. The van der Waals surface area contributed by atoms with E-state index in [-0.39, 0.29) is 0 Å². The Morgan fingerprint density at radius 3 is 2.60 bits per heavy atom. The average Bonchev–Trinajstić information content (AvgIpc) is 3.23. The number of nitrogens with zero attached hydrogens (tertiary/aromatic N) is 2. The molecule has 104 valence electrons. The fourth-order valence-corrected chi connectivity index (χ4v) is 2.78. The molecule has 1 heterocycles. The minimum absolute atomic E-state index is 0.456. The normalized spacial score (nSPS) is 14.6. The molecule has 1 aliphatic rings. The first-order valence-electron chi connectivity index (χ1n) is 6.71. The predicted molar refractivity (Wildman–Crippen MR) is 83.3 cm³/mol. The molecular weight excluding hydrogens is 293 g/mol. The largest absolute Gasteiger partial charge is 0.382 e. The van der Waals surface area contributed by atoms with Gasteiger partial charge in [-0.1, -0.05) is 30.1 Å². The standard InChI is InChI=1S/C15H15Cl2N3/c1-2-12-15(18)20-13(8-3-4-8)14(19-12)10-6-5-9(16)7-11(10)17/h5-8H,2-4H2,1H3,(H2,18,20). The van der Waals surface area contributed by atoms with E-state index in [0.717, 1.165) is 41.9 Å². The maximum Gasteiger partial charge on any atom is 0.145 e. The van der Waals surface area contributed by atoms with Crippen molar-refractivity contribution >= 4 is 29.0 Å². The zero-order valence-corrected chi connectivity index (χ0v) is 12.7. The Morgan fingerprint density at radius 1 is 1.25 bits per heavy atom. The van der Waals surface area contributed by atoms with Gasteiger partial charge in [-0.2, -0.15) is 0 Å². The van der Waals surface area contributed by atoms with E-state index >= 15 is 0 Å². The van der Waals surface area contributed by atoms with E-state index in [1.54, 1.807) is 6.07 Å². The summed E-state index contributed by atoms with van der Waals surface area (Å²) in [7, 11) is 0. The molecule has 1 aliphatic carbocycles. The number of aromatic nitrogens is 2. The molecule has 0 radical (unpaired) electrons. The number of benzene rings is 1. The highest BCUT2D eigenvalue weighted by atomic mass is 35.5. The summed E-state index contributed by atoms with van der Waals surface area (Å²) in [6, 6.07) is 5.46. The molecule has 0 unspecified atom stereocenters. The van der Waals surface area contributed by atoms with Crippen LogP contribution in [0, 0.1) is 0 Å². The minimum Gasteiger partial charge on any atom is -0.382 e. The summed E-state index contributed by atoms with van der Waals surface area (Å²) < 4.78 is 0. The van der Waals surface area contributed by atoms with E-state index in [4.69, 9.17) is 33.9 Å². The maximum absolute atomic E-state index is 6.31. The zero-order valence-electron chi connectivity index (χ0n) is 11.2. The van der Waals surface area contributed by atoms with E-state index in [9.17, 15) is 0 Å². The van der Waals surface area contributed by atoms with Crippen LogP contribution in [0.25, 0.3) is 11.3 Å². The number of nitrogens with two attached hydrogens (primary N) is 1. The van der Waals surface area contributed by atoms with Crippen LogP contribution in [0.1, 0.15) is 37.1 Å². The lowest BCUT2D eigenvalue weighted by Gasteiger charge is -2.12. The Balaban J connectivity index is 2.20. The topological polar surface area (TPSA) is 51.8 Å². The van der Waals surface area contributed by atoms with Gasteiger partial charge in [-0.25, -0.2) is 9.97 Å². The second-order valence-electron chi connectivity index (χ2n) is 5.04. The van der Waals surface area contributed by atoms with Gasteiger partial charge in [0, 0.05) is 16.5 Å². The number of nitrogen functional groups attached to an aromatic ring is 1. The van der Waals surface area contributed by atoms with Crippen molar-refractivity contribution < 1.29 is 0 Å². The lowest BCUT2D eigenvalue weighted by molar-refractivity contribution is 0.946. The monoisotopic (exact) mass is 307 g/mol. The predicted octanol–water partition coefficient (Wildman–Crippen LogP) is 4.47. The molecule has 1 aromatic heterocycles. The lowest BCUT2D eigenvalue weighted by atomic mass is 10.1. The van der Waals surface area contributed by atoms with Crippen LogP contribution in [0.5, 0.6) is 0 Å². The van der Waals surface area contributed by atoms with Crippen molar-refractivity contribution in [3.8, 4) is 11.3 Å². The molecule has 0 spiro atoms. The highest BCUT2D eigenvalue weighted by Crippen LogP contribution is 2.44. The van der Waals surface area contributed by atoms with Crippen molar-refractivity contribution in [1.82, 2.24) is 9.97 Å². The second kappa shape index (κ2) is 5.23. The number of hydrogen-bond donors (Lipinski definition) is 1. The minimum atomic E-state index is 0.456. The zero-order chi connectivity index (χ0) is 14.3. The third-order valence-corrected chi connectivity index (χ3v) is 4.06. The SMILES string of the molecule is CCc1nc(-c2ccc(Cl)cc2Cl)c(C2CC2)nc1N. The third-order valence-electron chi connectivity index (χ3n) is 3.51. The summed E-state index contributed by atoms with van der Waals surface area (Å²) >= 11 is 12.3. The third kappa shape index (κ3) is 2.48. The molecule has 1 aromatic carbocycles. The number of hydrogen-bond acceptors (Lipinski definition) is 3. The van der Waals surface area contributed by atoms with Gasteiger partial charge in [0.25, 0.3) is 0 Å². The molecule has 0 bridgehead atoms. The van der Waals surface area contributed by atoms with Crippen LogP contribution in [0.4, 0.5) is 5.82 Å². The van der Waals surface area contributed by atoms with Crippen LogP contribution in [0.2, 0.25) is 10.0 Å². The molecule has 0 amide bonds. The molecular formula is C15H15Cl2N3. The molecule has 0 aliphatic heterocycles. The molecule has 20 heavy (non-hydrogen) atoms. The van der Waals surface area contributed by atoms with Crippen molar-refractivity contribution in [2.24, 2.45) is 0 Å². The van der Waals surface area contributed by atoms with Gasteiger partial charge in [-0.3, -0.25) is 0 Å². The van der Waals surface area contributed by atoms with Crippen LogP contribution in [-0.2, 0) is 6.42 Å². The van der Waals surface area contributed by atoms with Gasteiger partial charge < -0.3 is 5.73 Å². The number of anilines is 1. The van der Waals surface area contributed by atoms with Gasteiger partial charge in [0.15, 0.2) is 0 Å². The van der Waals surface area contributed by atoms with Gasteiger partial charge in [0.05, 0.1) is 22.1 Å². The highest BCUT2D eigenvalue weighted by Gasteiger charge is 2.30. The van der Waals surface area contributed by atoms with Crippen molar-refractivity contribution in [2.45, 2.75) is 32.1 Å². The van der Waals surface area contributed by atoms with Gasteiger partial charge in [0.1, 0.15) is 5.82 Å². The van der Waals surface area contributed by atoms with E-state index < -0.39 is 0 Å². The molecule has 3 nitrogen and oxygen atoms in total. The van der Waals surface area contributed by atoms with E-state index in [1.807, 2.05) is 19.1 Å². The molecule has 2 aromatic rings. The Labute approximate surface area is 128 Å². The molecule has 0 atom stereocenters. The van der Waals surface area contributed by atoms with Crippen LogP contribution in [0.15, 0.2) is 18.2 Å². The summed E-state index contributed by atoms with van der Waals surface area (Å²) in [5.74, 6) is 0.987. The number of halogens is 2. The molecule has 0 saturated heterocycles. The van der Waals surface area contributed by atoms with Gasteiger partial charge >= 0.3 is 0 Å².